The van der Waals surface area contributed by atoms with Crippen molar-refractivity contribution in [1.29, 1.82) is 0 Å². The van der Waals surface area contributed by atoms with Crippen LogP contribution in [0.25, 0.3) is 0 Å². The lowest BCUT2D eigenvalue weighted by molar-refractivity contribution is 0.0475. The largest absolute Gasteiger partial charge is 0.496 e. The lowest BCUT2D eigenvalue weighted by atomic mass is 9.86. The van der Waals surface area contributed by atoms with Crippen LogP contribution in [-0.4, -0.2) is 77.2 Å². The average molecular weight is 526 g/mol. The van der Waals surface area contributed by atoms with E-state index in [1.807, 2.05) is 0 Å². The molecule has 0 radical (unpaired) electrons. The Balaban J connectivity index is 1.46. The lowest BCUT2D eigenvalue weighted by Gasteiger charge is -2.45. The molecule has 35 heavy (non-hydrogen) atoms. The van der Waals surface area contributed by atoms with Gasteiger partial charge in [0.2, 0.25) is 5.03 Å². The first kappa shape index (κ1) is 26.1. The van der Waals surface area contributed by atoms with E-state index in [1.165, 1.54) is 34.4 Å². The molecule has 0 N–H and O–H groups in total. The standard InChI is InChI=1S/C23H32FN5O4S2/c1-27-15-21(25-26-27)35(31,32)29-11-9-28(10-12-29)23(6-3-4-7-23)8-5-19(30)22-17(16-34)13-18(24)14-20(22)33-2/h13-15,34H,3-12,16H2,1-2H3. The number of rotatable bonds is 9. The molecular weight excluding hydrogens is 493 g/mol. The molecule has 2 aromatic rings. The highest BCUT2D eigenvalue weighted by atomic mass is 32.2. The number of methoxy groups -OCH3 is 1. The topological polar surface area (TPSA) is 97.6 Å². The van der Waals surface area contributed by atoms with Gasteiger partial charge in [-0.15, -0.1) is 5.10 Å². The highest BCUT2D eigenvalue weighted by Gasteiger charge is 2.42. The van der Waals surface area contributed by atoms with Gasteiger partial charge < -0.3 is 4.74 Å². The van der Waals surface area contributed by atoms with Gasteiger partial charge in [0.05, 0.1) is 18.9 Å². The van der Waals surface area contributed by atoms with Crippen molar-refractivity contribution in [2.45, 2.75) is 54.8 Å². The van der Waals surface area contributed by atoms with E-state index in [9.17, 15) is 17.6 Å². The molecule has 1 saturated heterocycles. The molecule has 2 heterocycles. The van der Waals surface area contributed by atoms with Crippen molar-refractivity contribution < 1.29 is 22.3 Å². The number of hydrogen-bond acceptors (Lipinski definition) is 8. The number of ether oxygens (including phenoxy) is 1. The quantitative estimate of drug-likeness (QED) is 0.397. The van der Waals surface area contributed by atoms with Crippen LogP contribution >= 0.6 is 12.6 Å². The van der Waals surface area contributed by atoms with E-state index < -0.39 is 15.8 Å². The molecular formula is C23H32FN5O4S2. The summed E-state index contributed by atoms with van der Waals surface area (Å²) in [6.07, 6.45) is 6.47. The van der Waals surface area contributed by atoms with Gasteiger partial charge in [0.25, 0.3) is 10.0 Å². The summed E-state index contributed by atoms with van der Waals surface area (Å²) in [5, 5.41) is 7.48. The molecule has 1 aromatic carbocycles. The van der Waals surface area contributed by atoms with E-state index in [-0.39, 0.29) is 27.9 Å². The van der Waals surface area contributed by atoms with Crippen molar-refractivity contribution >= 4 is 28.4 Å². The summed E-state index contributed by atoms with van der Waals surface area (Å²) in [7, 11) is -0.616. The zero-order chi connectivity index (χ0) is 25.2. The third-order valence-corrected chi connectivity index (χ3v) is 9.37. The number of halogens is 1. The molecule has 192 valence electrons. The Bertz CT molecular complexity index is 1150. The number of carbonyl (C=O) groups excluding carboxylic acids is 1. The second-order valence-electron chi connectivity index (χ2n) is 9.28. The van der Waals surface area contributed by atoms with Gasteiger partial charge in [-0.25, -0.2) is 12.8 Å². The lowest BCUT2D eigenvalue weighted by Crippen LogP contribution is -2.57. The summed E-state index contributed by atoms with van der Waals surface area (Å²) in [4.78, 5) is 15.6. The Morgan fingerprint density at radius 1 is 1.20 bits per heavy atom. The normalized spacial score (nSPS) is 19.2. The van der Waals surface area contributed by atoms with Crippen LogP contribution in [-0.2, 0) is 22.8 Å². The minimum absolute atomic E-state index is 0.0390. The molecule has 1 aliphatic heterocycles. The van der Waals surface area contributed by atoms with Crippen LogP contribution in [0.2, 0.25) is 0 Å². The number of aromatic nitrogens is 3. The summed E-state index contributed by atoms with van der Waals surface area (Å²) >= 11 is 4.28. The second kappa shape index (κ2) is 10.5. The zero-order valence-electron chi connectivity index (χ0n) is 20.1. The van der Waals surface area contributed by atoms with Crippen molar-refractivity contribution in [3.8, 4) is 5.75 Å². The van der Waals surface area contributed by atoms with Crippen molar-refractivity contribution in [2.24, 2.45) is 7.05 Å². The molecule has 2 fully saturated rings. The summed E-state index contributed by atoms with van der Waals surface area (Å²) in [6, 6.07) is 2.58. The minimum Gasteiger partial charge on any atom is -0.496 e. The summed E-state index contributed by atoms with van der Waals surface area (Å²) in [5.74, 6) is -0.0600. The third-order valence-electron chi connectivity index (χ3n) is 7.26. The monoisotopic (exact) mass is 525 g/mol. The van der Waals surface area contributed by atoms with E-state index in [0.29, 0.717) is 50.1 Å². The number of piperazine rings is 1. The predicted molar refractivity (Wildman–Crippen MR) is 132 cm³/mol. The number of thiol groups is 1. The number of nitrogens with zero attached hydrogens (tertiary/aromatic N) is 5. The van der Waals surface area contributed by atoms with Crippen LogP contribution in [0.3, 0.4) is 0 Å². The number of benzene rings is 1. The van der Waals surface area contributed by atoms with E-state index in [2.05, 4.69) is 27.8 Å². The molecule has 4 rings (SSSR count). The van der Waals surface area contributed by atoms with E-state index in [0.717, 1.165) is 25.7 Å². The highest BCUT2D eigenvalue weighted by Crippen LogP contribution is 2.40. The molecule has 12 heteroatoms. The second-order valence-corrected chi connectivity index (χ2v) is 11.5. The van der Waals surface area contributed by atoms with E-state index in [4.69, 9.17) is 4.74 Å². The molecule has 9 nitrogen and oxygen atoms in total. The molecule has 0 spiro atoms. The molecule has 0 unspecified atom stereocenters. The fourth-order valence-electron chi connectivity index (χ4n) is 5.45. The van der Waals surface area contributed by atoms with Crippen molar-refractivity contribution in [1.82, 2.24) is 24.2 Å². The number of Topliss-reactive ketones (excluding diaryl/α,β-unsaturated/α-hetero) is 1. The van der Waals surface area contributed by atoms with Gasteiger partial charge >= 0.3 is 0 Å². The predicted octanol–water partition coefficient (Wildman–Crippen LogP) is 2.67. The molecule has 2 aliphatic rings. The van der Waals surface area contributed by atoms with Gasteiger partial charge in [0.15, 0.2) is 5.78 Å². The van der Waals surface area contributed by atoms with Crippen LogP contribution < -0.4 is 4.74 Å². The van der Waals surface area contributed by atoms with E-state index in [1.54, 1.807) is 7.05 Å². The Hall–Kier alpha value is -2.02. The Kier molecular flexibility index (Phi) is 7.84. The molecule has 1 aliphatic carbocycles. The van der Waals surface area contributed by atoms with Crippen LogP contribution in [0.4, 0.5) is 4.39 Å². The Labute approximate surface area is 211 Å². The number of hydrogen-bond donors (Lipinski definition) is 1. The van der Waals surface area contributed by atoms with Gasteiger partial charge in [-0.2, -0.15) is 16.9 Å². The fourth-order valence-corrected chi connectivity index (χ4v) is 7.03. The Morgan fingerprint density at radius 3 is 2.46 bits per heavy atom. The van der Waals surface area contributed by atoms with Crippen LogP contribution in [0.15, 0.2) is 23.4 Å². The molecule has 0 bridgehead atoms. The number of ketones is 1. The first-order valence-electron chi connectivity index (χ1n) is 11.8. The third kappa shape index (κ3) is 5.25. The van der Waals surface area contributed by atoms with Crippen molar-refractivity contribution in [3.63, 3.8) is 0 Å². The SMILES string of the molecule is COc1cc(F)cc(CS)c1C(=O)CCC1(N2CCN(S(=O)(=O)c3cn(C)nn3)CC2)CCCC1. The smallest absolute Gasteiger partial charge is 0.264 e. The number of sulfonamides is 1. The maximum Gasteiger partial charge on any atom is 0.264 e. The van der Waals surface area contributed by atoms with Crippen LogP contribution in [0.5, 0.6) is 5.75 Å². The number of aryl methyl sites for hydroxylation is 1. The zero-order valence-corrected chi connectivity index (χ0v) is 21.8. The first-order valence-corrected chi connectivity index (χ1v) is 13.9. The summed E-state index contributed by atoms with van der Waals surface area (Å²) < 4.78 is 47.9. The maximum absolute atomic E-state index is 13.9. The fraction of sp³-hybridized carbons (Fsp3) is 0.609. The summed E-state index contributed by atoms with van der Waals surface area (Å²) in [6.45, 7) is 1.92. The van der Waals surface area contributed by atoms with Gasteiger partial charge in [-0.05, 0) is 30.9 Å². The van der Waals surface area contributed by atoms with Gasteiger partial charge in [-0.3, -0.25) is 14.4 Å². The molecule has 0 amide bonds. The highest BCUT2D eigenvalue weighted by molar-refractivity contribution is 7.89. The van der Waals surface area contributed by atoms with Crippen LogP contribution in [0, 0.1) is 5.82 Å². The Morgan fingerprint density at radius 2 is 1.89 bits per heavy atom. The molecule has 0 atom stereocenters. The average Bonchev–Trinajstić information content (AvgIpc) is 3.52. The van der Waals surface area contributed by atoms with Crippen molar-refractivity contribution in [2.75, 3.05) is 33.3 Å². The van der Waals surface area contributed by atoms with Crippen molar-refractivity contribution in [3.05, 3.63) is 35.3 Å². The first-order chi connectivity index (χ1) is 16.7. The van der Waals surface area contributed by atoms with Gasteiger partial charge in [0, 0.05) is 57.0 Å². The molecule has 1 aromatic heterocycles. The number of carbonyl (C=O) groups is 1. The van der Waals surface area contributed by atoms with Gasteiger partial charge in [0.1, 0.15) is 11.6 Å². The summed E-state index contributed by atoms with van der Waals surface area (Å²) in [5.41, 5.74) is 0.780. The van der Waals surface area contributed by atoms with E-state index >= 15 is 0 Å². The minimum atomic E-state index is -3.68. The molecule has 1 saturated carbocycles. The van der Waals surface area contributed by atoms with Gasteiger partial charge in [-0.1, -0.05) is 18.1 Å². The maximum atomic E-state index is 13.9. The van der Waals surface area contributed by atoms with Crippen LogP contribution in [0.1, 0.15) is 54.4 Å².